The van der Waals surface area contributed by atoms with Crippen LogP contribution in [0, 0.1) is 11.5 Å². The number of likely N-dealkylation sites (tertiary alicyclic amines) is 1. The molecule has 0 bridgehead atoms. The number of hydrogen-bond acceptors (Lipinski definition) is 1. The summed E-state index contributed by atoms with van der Waals surface area (Å²) in [7, 11) is 0. The molecule has 0 N–H and O–H groups in total. The Morgan fingerprint density at radius 2 is 1.73 bits per heavy atom. The van der Waals surface area contributed by atoms with Crippen LogP contribution in [0.4, 0.5) is 0 Å². The van der Waals surface area contributed by atoms with Crippen LogP contribution in [0.1, 0.15) is 24.8 Å². The van der Waals surface area contributed by atoms with Crippen LogP contribution in [0.5, 0.6) is 0 Å². The Hall–Kier alpha value is -1.33. The molecule has 1 heterocycles. The van der Waals surface area contributed by atoms with E-state index in [9.17, 15) is 5.26 Å². The molecule has 0 radical (unpaired) electrons. The molecule has 15 heavy (non-hydrogen) atoms. The van der Waals surface area contributed by atoms with E-state index < -0.39 is 0 Å². The number of quaternary nitrogens is 1. The fourth-order valence-corrected chi connectivity index (χ4v) is 2.34. The van der Waals surface area contributed by atoms with Crippen LogP contribution in [-0.2, 0) is 6.54 Å². The molecule has 0 spiro atoms. The Morgan fingerprint density at radius 3 is 2.33 bits per heavy atom. The summed E-state index contributed by atoms with van der Waals surface area (Å²) in [6.07, 6.45) is 6.18. The first-order valence-electron chi connectivity index (χ1n) is 5.66. The predicted molar refractivity (Wildman–Crippen MR) is 59.6 cm³/mol. The van der Waals surface area contributed by atoms with Crippen molar-refractivity contribution < 1.29 is 4.48 Å². The van der Waals surface area contributed by atoms with Gasteiger partial charge in [0.15, 0.2) is 0 Å². The lowest BCUT2D eigenvalue weighted by molar-refractivity contribution is -0.884. The molecule has 1 aliphatic heterocycles. The van der Waals surface area contributed by atoms with Gasteiger partial charge in [-0.3, -0.25) is 0 Å². The zero-order chi connectivity index (χ0) is 10.6. The fraction of sp³-hybridized carbons (Fsp3) is 0.462. The van der Waals surface area contributed by atoms with E-state index in [-0.39, 0.29) is 0 Å². The molecule has 1 aromatic rings. The van der Waals surface area contributed by atoms with Crippen LogP contribution in [0.3, 0.4) is 0 Å². The maximum atomic E-state index is 9.33. The predicted octanol–water partition coefficient (Wildman–Crippen LogP) is 2.67. The Balaban J connectivity index is 2.12. The van der Waals surface area contributed by atoms with Crippen molar-refractivity contribution in [3.05, 3.63) is 35.9 Å². The molecule has 2 heteroatoms. The zero-order valence-electron chi connectivity index (χ0n) is 9.02. The van der Waals surface area contributed by atoms with Crippen molar-refractivity contribution in [3.8, 4) is 6.19 Å². The van der Waals surface area contributed by atoms with Crippen molar-refractivity contribution in [2.45, 2.75) is 25.8 Å². The van der Waals surface area contributed by atoms with Crippen LogP contribution in [0.2, 0.25) is 0 Å². The molecule has 1 fully saturated rings. The van der Waals surface area contributed by atoms with E-state index in [1.807, 2.05) is 18.2 Å². The van der Waals surface area contributed by atoms with Gasteiger partial charge in [-0.25, -0.2) is 4.48 Å². The molecule has 0 saturated carbocycles. The molecule has 0 aromatic heterocycles. The standard InChI is InChI=1S/C13H17N2/c14-12-15(9-5-2-6-10-15)11-13-7-3-1-4-8-13/h1,3-4,7-8H,2,5-6,9-11H2/q+1. The van der Waals surface area contributed by atoms with E-state index in [2.05, 4.69) is 18.3 Å². The number of rotatable bonds is 2. The highest BCUT2D eigenvalue weighted by Crippen LogP contribution is 2.21. The molecule has 2 nitrogen and oxygen atoms in total. The normalized spacial score (nSPS) is 19.4. The van der Waals surface area contributed by atoms with Crippen molar-refractivity contribution in [2.75, 3.05) is 13.1 Å². The van der Waals surface area contributed by atoms with Gasteiger partial charge in [0.25, 0.3) is 0 Å². The number of nitriles is 1. The lowest BCUT2D eigenvalue weighted by Crippen LogP contribution is -2.46. The van der Waals surface area contributed by atoms with Crippen LogP contribution in [-0.4, -0.2) is 17.6 Å². The summed E-state index contributed by atoms with van der Waals surface area (Å²) in [5.74, 6) is 0. The second-order valence-corrected chi connectivity index (χ2v) is 4.40. The smallest absolute Gasteiger partial charge is 0.220 e. The van der Waals surface area contributed by atoms with E-state index in [1.54, 1.807) is 0 Å². The van der Waals surface area contributed by atoms with Gasteiger partial charge in [-0.05, 0) is 19.3 Å². The van der Waals surface area contributed by atoms with Crippen molar-refractivity contribution in [1.82, 2.24) is 0 Å². The lowest BCUT2D eigenvalue weighted by atomic mass is 10.1. The monoisotopic (exact) mass is 201 g/mol. The summed E-state index contributed by atoms with van der Waals surface area (Å²) in [5, 5.41) is 9.33. The topological polar surface area (TPSA) is 23.8 Å². The molecule has 2 rings (SSSR count). The highest BCUT2D eigenvalue weighted by atomic mass is 15.3. The molecule has 1 aromatic carbocycles. The van der Waals surface area contributed by atoms with Gasteiger partial charge >= 0.3 is 6.19 Å². The number of piperidine rings is 1. The first-order valence-corrected chi connectivity index (χ1v) is 5.66. The average molecular weight is 201 g/mol. The van der Waals surface area contributed by atoms with E-state index in [0.717, 1.165) is 19.6 Å². The zero-order valence-corrected chi connectivity index (χ0v) is 9.02. The maximum absolute atomic E-state index is 9.33. The minimum atomic E-state index is 0.615. The maximum Gasteiger partial charge on any atom is 0.308 e. The Labute approximate surface area is 91.3 Å². The molecular weight excluding hydrogens is 184 g/mol. The SMILES string of the molecule is N#C[N+]1(Cc2ccccc2)CCCCC1. The molecular formula is C13H17N2+. The summed E-state index contributed by atoms with van der Waals surface area (Å²) in [6, 6.07) is 10.4. The van der Waals surface area contributed by atoms with Crippen LogP contribution in [0.15, 0.2) is 30.3 Å². The second kappa shape index (κ2) is 4.46. The van der Waals surface area contributed by atoms with Crippen LogP contribution in [0.25, 0.3) is 0 Å². The van der Waals surface area contributed by atoms with Gasteiger partial charge in [0.05, 0.1) is 13.1 Å². The van der Waals surface area contributed by atoms with Gasteiger partial charge in [-0.1, -0.05) is 30.3 Å². The number of benzene rings is 1. The third kappa shape index (κ3) is 2.37. The molecule has 0 aliphatic carbocycles. The lowest BCUT2D eigenvalue weighted by Gasteiger charge is -2.33. The van der Waals surface area contributed by atoms with E-state index >= 15 is 0 Å². The average Bonchev–Trinajstić information content (AvgIpc) is 2.32. The van der Waals surface area contributed by atoms with Crippen molar-refractivity contribution in [1.29, 1.82) is 5.26 Å². The van der Waals surface area contributed by atoms with Crippen LogP contribution >= 0.6 is 0 Å². The first-order chi connectivity index (χ1) is 7.35. The van der Waals surface area contributed by atoms with Gasteiger partial charge in [0, 0.05) is 5.56 Å². The van der Waals surface area contributed by atoms with Crippen molar-refractivity contribution in [2.24, 2.45) is 0 Å². The fourth-order valence-electron chi connectivity index (χ4n) is 2.34. The number of nitrogens with zero attached hydrogens (tertiary/aromatic N) is 2. The van der Waals surface area contributed by atoms with Gasteiger partial charge in [-0.15, -0.1) is 5.26 Å². The molecule has 1 saturated heterocycles. The van der Waals surface area contributed by atoms with Gasteiger partial charge < -0.3 is 0 Å². The summed E-state index contributed by atoms with van der Waals surface area (Å²) in [4.78, 5) is 0. The third-order valence-electron chi connectivity index (χ3n) is 3.21. The molecule has 0 unspecified atom stereocenters. The third-order valence-corrected chi connectivity index (χ3v) is 3.21. The Kier molecular flexibility index (Phi) is 3.03. The van der Waals surface area contributed by atoms with Crippen molar-refractivity contribution >= 4 is 0 Å². The minimum Gasteiger partial charge on any atom is -0.220 e. The summed E-state index contributed by atoms with van der Waals surface area (Å²) in [6.45, 7) is 2.91. The summed E-state index contributed by atoms with van der Waals surface area (Å²) >= 11 is 0. The van der Waals surface area contributed by atoms with Gasteiger partial charge in [-0.2, -0.15) is 0 Å². The summed E-state index contributed by atoms with van der Waals surface area (Å²) < 4.78 is 0.615. The van der Waals surface area contributed by atoms with Gasteiger partial charge in [0.2, 0.25) is 0 Å². The molecule has 1 aliphatic rings. The highest BCUT2D eigenvalue weighted by molar-refractivity contribution is 5.13. The number of hydrogen-bond donors (Lipinski definition) is 0. The quantitative estimate of drug-likeness (QED) is 0.533. The van der Waals surface area contributed by atoms with E-state index in [0.29, 0.717) is 4.48 Å². The van der Waals surface area contributed by atoms with Crippen LogP contribution < -0.4 is 0 Å². The van der Waals surface area contributed by atoms with Crippen molar-refractivity contribution in [3.63, 3.8) is 0 Å². The molecule has 78 valence electrons. The Bertz CT molecular complexity index is 345. The Morgan fingerprint density at radius 1 is 1.07 bits per heavy atom. The van der Waals surface area contributed by atoms with E-state index in [4.69, 9.17) is 0 Å². The largest absolute Gasteiger partial charge is 0.308 e. The summed E-state index contributed by atoms with van der Waals surface area (Å²) in [5.41, 5.74) is 1.28. The van der Waals surface area contributed by atoms with E-state index in [1.165, 1.54) is 24.8 Å². The minimum absolute atomic E-state index is 0.615. The first kappa shape index (κ1) is 10.2. The second-order valence-electron chi connectivity index (χ2n) is 4.40. The molecule has 0 atom stereocenters. The molecule has 0 amide bonds. The highest BCUT2D eigenvalue weighted by Gasteiger charge is 2.30. The van der Waals surface area contributed by atoms with Gasteiger partial charge in [0.1, 0.15) is 6.54 Å².